The summed E-state index contributed by atoms with van der Waals surface area (Å²) < 4.78 is 4.55. The monoisotopic (exact) mass is 277 g/mol. The van der Waals surface area contributed by atoms with Crippen molar-refractivity contribution in [2.75, 3.05) is 20.2 Å². The van der Waals surface area contributed by atoms with Gasteiger partial charge in [0.2, 0.25) is 5.91 Å². The lowest BCUT2D eigenvalue weighted by atomic mass is 10.2. The van der Waals surface area contributed by atoms with E-state index >= 15 is 0 Å². The van der Waals surface area contributed by atoms with Gasteiger partial charge in [0.15, 0.2) is 0 Å². The van der Waals surface area contributed by atoms with Crippen LogP contribution in [0.5, 0.6) is 5.75 Å². The molecule has 0 bridgehead atoms. The van der Waals surface area contributed by atoms with Crippen LogP contribution in [0.2, 0.25) is 0 Å². The Balaban J connectivity index is 2.58. The molecular weight excluding hydrogens is 258 g/mol. The summed E-state index contributed by atoms with van der Waals surface area (Å²) in [5.74, 6) is -0.315. The van der Waals surface area contributed by atoms with Crippen LogP contribution in [0.3, 0.4) is 0 Å². The average molecular weight is 277 g/mol. The van der Waals surface area contributed by atoms with Gasteiger partial charge in [-0.05, 0) is 30.7 Å². The summed E-state index contributed by atoms with van der Waals surface area (Å²) in [6.45, 7) is 2.71. The van der Waals surface area contributed by atoms with Crippen LogP contribution in [-0.2, 0) is 14.3 Å². The van der Waals surface area contributed by atoms with Crippen LogP contribution >= 0.6 is 0 Å². The molecule has 5 heteroatoms. The number of aromatic hydroxyl groups is 1. The molecule has 0 aliphatic carbocycles. The number of phenolic OH excluding ortho intramolecular Hbond substituents is 1. The highest BCUT2D eigenvalue weighted by atomic mass is 16.5. The summed E-state index contributed by atoms with van der Waals surface area (Å²) in [7, 11) is 1.32. The van der Waals surface area contributed by atoms with Gasteiger partial charge in [0.1, 0.15) is 5.75 Å². The van der Waals surface area contributed by atoms with Gasteiger partial charge in [0.25, 0.3) is 0 Å². The lowest BCUT2D eigenvalue weighted by molar-refractivity contribution is -0.141. The fourth-order valence-corrected chi connectivity index (χ4v) is 1.61. The fraction of sp³-hybridized carbons (Fsp3) is 0.333. The second kappa shape index (κ2) is 7.99. The van der Waals surface area contributed by atoms with Gasteiger partial charge in [-0.1, -0.05) is 12.1 Å². The summed E-state index contributed by atoms with van der Waals surface area (Å²) in [5.41, 5.74) is 0.820. The number of rotatable bonds is 6. The number of amides is 1. The van der Waals surface area contributed by atoms with E-state index in [-0.39, 0.29) is 24.0 Å². The van der Waals surface area contributed by atoms with Gasteiger partial charge in [-0.2, -0.15) is 0 Å². The molecule has 1 amide bonds. The van der Waals surface area contributed by atoms with Crippen molar-refractivity contribution >= 4 is 18.0 Å². The highest BCUT2D eigenvalue weighted by molar-refractivity contribution is 5.92. The predicted molar refractivity (Wildman–Crippen MR) is 76.0 cm³/mol. The molecule has 0 fully saturated rings. The van der Waals surface area contributed by atoms with E-state index in [0.29, 0.717) is 13.1 Å². The first-order chi connectivity index (χ1) is 9.56. The molecule has 1 rings (SSSR count). The van der Waals surface area contributed by atoms with Gasteiger partial charge in [-0.15, -0.1) is 0 Å². The number of methoxy groups -OCH3 is 1. The molecule has 0 atom stereocenters. The Kier molecular flexibility index (Phi) is 6.29. The molecule has 5 nitrogen and oxygen atoms in total. The van der Waals surface area contributed by atoms with Gasteiger partial charge in [-0.25, -0.2) is 0 Å². The minimum atomic E-state index is -0.334. The number of esters is 1. The number of ether oxygens (including phenoxy) is 1. The lowest BCUT2D eigenvalue weighted by Crippen LogP contribution is -2.31. The van der Waals surface area contributed by atoms with E-state index in [9.17, 15) is 9.59 Å². The molecule has 0 aliphatic heterocycles. The van der Waals surface area contributed by atoms with Crippen LogP contribution in [0.25, 0.3) is 6.08 Å². The van der Waals surface area contributed by atoms with E-state index in [4.69, 9.17) is 5.11 Å². The third-order valence-electron chi connectivity index (χ3n) is 2.82. The third kappa shape index (κ3) is 5.14. The Morgan fingerprint density at radius 1 is 1.30 bits per heavy atom. The van der Waals surface area contributed by atoms with Crippen LogP contribution in [-0.4, -0.2) is 42.1 Å². The molecule has 20 heavy (non-hydrogen) atoms. The topological polar surface area (TPSA) is 66.8 Å². The van der Waals surface area contributed by atoms with Gasteiger partial charge < -0.3 is 14.7 Å². The quantitative estimate of drug-likeness (QED) is 0.636. The van der Waals surface area contributed by atoms with Gasteiger partial charge in [0.05, 0.1) is 13.5 Å². The normalized spacial score (nSPS) is 10.5. The van der Waals surface area contributed by atoms with Crippen molar-refractivity contribution in [1.82, 2.24) is 4.90 Å². The van der Waals surface area contributed by atoms with E-state index in [0.717, 1.165) is 5.56 Å². The molecule has 0 aliphatic rings. The second-order valence-electron chi connectivity index (χ2n) is 4.17. The molecule has 0 heterocycles. The van der Waals surface area contributed by atoms with Crippen molar-refractivity contribution in [2.24, 2.45) is 0 Å². The lowest BCUT2D eigenvalue weighted by Gasteiger charge is -2.18. The standard InChI is InChI=1S/C15H19NO4/c1-3-16(11-10-15(19)20-2)14(18)9-6-12-4-7-13(17)8-5-12/h4-9,17H,3,10-11H2,1-2H3/b9-6+. The summed E-state index contributed by atoms with van der Waals surface area (Å²) in [6, 6.07) is 6.53. The minimum Gasteiger partial charge on any atom is -0.508 e. The zero-order chi connectivity index (χ0) is 15.0. The van der Waals surface area contributed by atoms with Crippen LogP contribution < -0.4 is 0 Å². The maximum atomic E-state index is 12.0. The number of benzene rings is 1. The first-order valence-corrected chi connectivity index (χ1v) is 6.39. The number of hydrogen-bond acceptors (Lipinski definition) is 4. The number of likely N-dealkylation sites (N-methyl/N-ethyl adjacent to an activating group) is 1. The second-order valence-corrected chi connectivity index (χ2v) is 4.17. The molecule has 1 N–H and O–H groups in total. The maximum Gasteiger partial charge on any atom is 0.307 e. The Labute approximate surface area is 118 Å². The SMILES string of the molecule is CCN(CCC(=O)OC)C(=O)/C=C/c1ccc(O)cc1. The fourth-order valence-electron chi connectivity index (χ4n) is 1.61. The molecule has 0 saturated heterocycles. The van der Waals surface area contributed by atoms with E-state index < -0.39 is 0 Å². The van der Waals surface area contributed by atoms with Crippen molar-refractivity contribution in [3.63, 3.8) is 0 Å². The number of hydrogen-bond donors (Lipinski definition) is 1. The summed E-state index contributed by atoms with van der Waals surface area (Å²) in [4.78, 5) is 24.6. The van der Waals surface area contributed by atoms with Crippen LogP contribution in [0.15, 0.2) is 30.3 Å². The van der Waals surface area contributed by atoms with Crippen LogP contribution in [0.4, 0.5) is 0 Å². The Hall–Kier alpha value is -2.30. The van der Waals surface area contributed by atoms with Gasteiger partial charge in [-0.3, -0.25) is 9.59 Å². The first-order valence-electron chi connectivity index (χ1n) is 6.39. The average Bonchev–Trinajstić information content (AvgIpc) is 2.47. The van der Waals surface area contributed by atoms with E-state index in [1.54, 1.807) is 35.2 Å². The zero-order valence-electron chi connectivity index (χ0n) is 11.7. The van der Waals surface area contributed by atoms with Gasteiger partial charge in [0, 0.05) is 19.2 Å². The van der Waals surface area contributed by atoms with E-state index in [2.05, 4.69) is 4.74 Å². The van der Waals surface area contributed by atoms with E-state index in [1.165, 1.54) is 13.2 Å². The number of nitrogens with zero attached hydrogens (tertiary/aromatic N) is 1. The molecule has 0 spiro atoms. The third-order valence-corrected chi connectivity index (χ3v) is 2.82. The summed E-state index contributed by atoms with van der Waals surface area (Å²) >= 11 is 0. The number of carbonyl (C=O) groups excluding carboxylic acids is 2. The molecule has 0 aromatic heterocycles. The Morgan fingerprint density at radius 3 is 2.50 bits per heavy atom. The Bertz CT molecular complexity index is 479. The van der Waals surface area contributed by atoms with Gasteiger partial charge >= 0.3 is 5.97 Å². The van der Waals surface area contributed by atoms with Crippen molar-refractivity contribution in [1.29, 1.82) is 0 Å². The van der Waals surface area contributed by atoms with Crippen molar-refractivity contribution in [2.45, 2.75) is 13.3 Å². The number of carbonyl (C=O) groups is 2. The van der Waals surface area contributed by atoms with Crippen molar-refractivity contribution in [3.05, 3.63) is 35.9 Å². The molecule has 1 aromatic carbocycles. The molecule has 0 unspecified atom stereocenters. The minimum absolute atomic E-state index is 0.163. The zero-order valence-corrected chi connectivity index (χ0v) is 11.7. The first kappa shape index (κ1) is 15.8. The molecule has 0 radical (unpaired) electrons. The number of phenols is 1. The summed E-state index contributed by atoms with van der Waals surface area (Å²) in [6.07, 6.45) is 3.30. The molecule has 108 valence electrons. The highest BCUT2D eigenvalue weighted by Gasteiger charge is 2.10. The van der Waals surface area contributed by atoms with Crippen LogP contribution in [0, 0.1) is 0 Å². The molecular formula is C15H19NO4. The van der Waals surface area contributed by atoms with E-state index in [1.807, 2.05) is 6.92 Å². The highest BCUT2D eigenvalue weighted by Crippen LogP contribution is 2.11. The Morgan fingerprint density at radius 2 is 1.95 bits per heavy atom. The maximum absolute atomic E-state index is 12.0. The largest absolute Gasteiger partial charge is 0.508 e. The smallest absolute Gasteiger partial charge is 0.307 e. The van der Waals surface area contributed by atoms with Crippen molar-refractivity contribution in [3.8, 4) is 5.75 Å². The molecule has 1 aromatic rings. The van der Waals surface area contributed by atoms with Crippen LogP contribution in [0.1, 0.15) is 18.9 Å². The molecule has 0 saturated carbocycles. The predicted octanol–water partition coefficient (Wildman–Crippen LogP) is 1.82. The summed E-state index contributed by atoms with van der Waals surface area (Å²) in [5, 5.41) is 9.16. The van der Waals surface area contributed by atoms with Crippen molar-refractivity contribution < 1.29 is 19.4 Å².